The van der Waals surface area contributed by atoms with E-state index in [4.69, 9.17) is 10.4 Å². The van der Waals surface area contributed by atoms with E-state index in [0.29, 0.717) is 30.5 Å². The van der Waals surface area contributed by atoms with Crippen molar-refractivity contribution in [3.8, 4) is 0 Å². The maximum atomic E-state index is 12.9. The third-order valence-corrected chi connectivity index (χ3v) is 7.41. The van der Waals surface area contributed by atoms with Crippen LogP contribution in [0.25, 0.3) is 11.2 Å². The lowest BCUT2D eigenvalue weighted by atomic mass is 9.84. The molecule has 0 radical (unpaired) electrons. The summed E-state index contributed by atoms with van der Waals surface area (Å²) in [6, 6.07) is 5.09. The molecule has 2 aliphatic rings. The Morgan fingerprint density at radius 3 is 2.75 bits per heavy atom. The van der Waals surface area contributed by atoms with Crippen LogP contribution in [-0.2, 0) is 13.6 Å². The van der Waals surface area contributed by atoms with E-state index < -0.39 is 0 Å². The highest BCUT2D eigenvalue weighted by atomic mass is 16.1. The first-order valence-corrected chi connectivity index (χ1v) is 13.5. The first kappa shape index (κ1) is 26.6. The number of fused-ring (bicyclic) bond motifs is 1. The standard InChI is InChI=1S/C29H44N6O/c1-7-8-22(32-25-14-21(25)15-30)17-31-16-20-10-9-19(2)23(13-20)24-11-12-26-27(33-24)34(6)28(36)35(26)18-29(3,4)5/h9-13,15,19,21-23,25,30-32H,7-8,14,16-18H2,1-6H3. The van der Waals surface area contributed by atoms with Gasteiger partial charge in [0.2, 0.25) is 0 Å². The molecule has 0 bridgehead atoms. The van der Waals surface area contributed by atoms with Gasteiger partial charge in [-0.3, -0.25) is 9.13 Å². The minimum Gasteiger partial charge on any atom is -0.313 e. The summed E-state index contributed by atoms with van der Waals surface area (Å²) >= 11 is 0. The molecule has 0 aromatic carbocycles. The third-order valence-electron chi connectivity index (χ3n) is 7.41. The van der Waals surface area contributed by atoms with Crippen LogP contribution < -0.4 is 16.3 Å². The molecular weight excluding hydrogens is 448 g/mol. The van der Waals surface area contributed by atoms with E-state index in [-0.39, 0.29) is 17.0 Å². The lowest BCUT2D eigenvalue weighted by molar-refractivity contribution is 0.342. The molecule has 0 saturated heterocycles. The Kier molecular flexibility index (Phi) is 8.00. The van der Waals surface area contributed by atoms with Crippen molar-refractivity contribution in [2.75, 3.05) is 13.1 Å². The van der Waals surface area contributed by atoms with Gasteiger partial charge in [0.1, 0.15) is 0 Å². The summed E-state index contributed by atoms with van der Waals surface area (Å²) < 4.78 is 3.54. The van der Waals surface area contributed by atoms with Crippen LogP contribution in [0.1, 0.15) is 65.5 Å². The first-order valence-electron chi connectivity index (χ1n) is 13.5. The fourth-order valence-corrected chi connectivity index (χ4v) is 5.28. The lowest BCUT2D eigenvalue weighted by Gasteiger charge is -2.24. The second-order valence-corrected chi connectivity index (χ2v) is 12.0. The maximum absolute atomic E-state index is 12.9. The number of nitrogens with one attached hydrogen (secondary N) is 3. The fraction of sp³-hybridized carbons (Fsp3) is 0.621. The van der Waals surface area contributed by atoms with Crippen LogP contribution >= 0.6 is 0 Å². The smallest absolute Gasteiger partial charge is 0.313 e. The second kappa shape index (κ2) is 10.9. The Hall–Kier alpha value is -2.51. The average Bonchev–Trinajstić information content (AvgIpc) is 3.55. The van der Waals surface area contributed by atoms with Gasteiger partial charge in [0.05, 0.1) is 11.2 Å². The molecule has 0 spiro atoms. The predicted octanol–water partition coefficient (Wildman–Crippen LogP) is 4.38. The fourth-order valence-electron chi connectivity index (χ4n) is 5.28. The molecule has 4 rings (SSSR count). The van der Waals surface area contributed by atoms with Crippen LogP contribution in [0.4, 0.5) is 0 Å². The molecule has 2 aliphatic carbocycles. The number of aromatic nitrogens is 3. The van der Waals surface area contributed by atoms with Crippen molar-refractivity contribution in [3.05, 3.63) is 52.1 Å². The van der Waals surface area contributed by atoms with Gasteiger partial charge in [0, 0.05) is 50.6 Å². The van der Waals surface area contributed by atoms with Crippen molar-refractivity contribution in [3.63, 3.8) is 0 Å². The molecular formula is C29H44N6O. The number of allylic oxidation sites excluding steroid dienone is 2. The van der Waals surface area contributed by atoms with Crippen LogP contribution in [-0.4, -0.2) is 45.5 Å². The molecule has 7 heteroatoms. The number of aryl methyl sites for hydroxylation is 1. The Morgan fingerprint density at radius 1 is 1.31 bits per heavy atom. The van der Waals surface area contributed by atoms with Crippen molar-refractivity contribution in [2.24, 2.45) is 24.3 Å². The van der Waals surface area contributed by atoms with Gasteiger partial charge in [0.25, 0.3) is 0 Å². The second-order valence-electron chi connectivity index (χ2n) is 12.0. The van der Waals surface area contributed by atoms with E-state index in [2.05, 4.69) is 75.6 Å². The molecule has 5 atom stereocenters. The summed E-state index contributed by atoms with van der Waals surface area (Å²) in [7, 11) is 1.82. The van der Waals surface area contributed by atoms with Crippen LogP contribution in [0.5, 0.6) is 0 Å². The summed E-state index contributed by atoms with van der Waals surface area (Å²) in [6.45, 7) is 13.3. The number of pyridine rings is 1. The van der Waals surface area contributed by atoms with Gasteiger partial charge in [-0.25, -0.2) is 9.78 Å². The molecule has 1 fully saturated rings. The van der Waals surface area contributed by atoms with Crippen LogP contribution in [0.3, 0.4) is 0 Å². The van der Waals surface area contributed by atoms with E-state index in [1.54, 1.807) is 10.8 Å². The largest absolute Gasteiger partial charge is 0.330 e. The molecule has 36 heavy (non-hydrogen) atoms. The Labute approximate surface area is 215 Å². The summed E-state index contributed by atoms with van der Waals surface area (Å²) in [4.78, 5) is 17.9. The Balaban J connectivity index is 1.46. The van der Waals surface area contributed by atoms with Crippen LogP contribution in [0.15, 0.2) is 40.7 Å². The minimum absolute atomic E-state index is 0.00466. The van der Waals surface area contributed by atoms with E-state index in [1.807, 2.05) is 11.6 Å². The van der Waals surface area contributed by atoms with E-state index in [1.165, 1.54) is 5.57 Å². The van der Waals surface area contributed by atoms with Gasteiger partial charge < -0.3 is 16.0 Å². The van der Waals surface area contributed by atoms with Gasteiger partial charge in [-0.15, -0.1) is 0 Å². The Morgan fingerprint density at radius 2 is 2.08 bits per heavy atom. The average molecular weight is 493 g/mol. The zero-order valence-electron chi connectivity index (χ0n) is 22.8. The molecule has 196 valence electrons. The van der Waals surface area contributed by atoms with Gasteiger partial charge in [-0.05, 0) is 48.1 Å². The molecule has 0 amide bonds. The number of hydrogen-bond donors (Lipinski definition) is 3. The number of nitrogens with zero attached hydrogens (tertiary/aromatic N) is 3. The van der Waals surface area contributed by atoms with E-state index in [0.717, 1.165) is 49.2 Å². The quantitative estimate of drug-likeness (QED) is 0.406. The number of hydrogen-bond acceptors (Lipinski definition) is 5. The molecule has 3 N–H and O–H groups in total. The summed E-state index contributed by atoms with van der Waals surface area (Å²) in [6.07, 6.45) is 11.8. The van der Waals surface area contributed by atoms with Gasteiger partial charge >= 0.3 is 5.69 Å². The van der Waals surface area contributed by atoms with Gasteiger partial charge in [-0.2, -0.15) is 0 Å². The maximum Gasteiger partial charge on any atom is 0.330 e. The normalized spacial score (nSPS) is 24.7. The van der Waals surface area contributed by atoms with Crippen molar-refractivity contribution >= 4 is 17.4 Å². The topological polar surface area (TPSA) is 87.7 Å². The lowest BCUT2D eigenvalue weighted by Crippen LogP contribution is -2.41. The predicted molar refractivity (Wildman–Crippen MR) is 149 cm³/mol. The van der Waals surface area contributed by atoms with Crippen molar-refractivity contribution in [2.45, 2.75) is 78.4 Å². The Bertz CT molecular complexity index is 1200. The van der Waals surface area contributed by atoms with Crippen molar-refractivity contribution in [1.29, 1.82) is 5.41 Å². The molecule has 2 heterocycles. The molecule has 2 aromatic rings. The monoisotopic (exact) mass is 492 g/mol. The summed E-state index contributed by atoms with van der Waals surface area (Å²) in [5, 5.41) is 14.8. The number of imidazole rings is 1. The summed E-state index contributed by atoms with van der Waals surface area (Å²) in [5.74, 6) is 0.946. The zero-order chi connectivity index (χ0) is 26.0. The molecule has 7 nitrogen and oxygen atoms in total. The third kappa shape index (κ3) is 6.06. The van der Waals surface area contributed by atoms with Crippen LogP contribution in [0.2, 0.25) is 0 Å². The van der Waals surface area contributed by atoms with E-state index in [9.17, 15) is 4.79 Å². The minimum atomic E-state index is -0.00466. The first-order chi connectivity index (χ1) is 17.1. The highest BCUT2D eigenvalue weighted by Gasteiger charge is 2.36. The van der Waals surface area contributed by atoms with Crippen molar-refractivity contribution < 1.29 is 0 Å². The molecule has 0 aliphatic heterocycles. The highest BCUT2D eigenvalue weighted by molar-refractivity contribution is 5.72. The van der Waals surface area contributed by atoms with Gasteiger partial charge in [0.15, 0.2) is 5.65 Å². The van der Waals surface area contributed by atoms with Gasteiger partial charge in [-0.1, -0.05) is 59.3 Å². The highest BCUT2D eigenvalue weighted by Crippen LogP contribution is 2.32. The van der Waals surface area contributed by atoms with Crippen LogP contribution in [0, 0.1) is 22.7 Å². The molecule has 5 unspecified atom stereocenters. The summed E-state index contributed by atoms with van der Waals surface area (Å²) in [5.41, 5.74) is 3.95. The van der Waals surface area contributed by atoms with Crippen molar-refractivity contribution in [1.82, 2.24) is 24.8 Å². The molecule has 2 aromatic heterocycles. The number of rotatable bonds is 11. The SMILES string of the molecule is CCCC(CNCC1=CC(c2ccc3c(n2)n(C)c(=O)n3CC(C)(C)C)C(C)C=C1)NC1CC1C=N. The molecule has 1 saturated carbocycles. The van der Waals surface area contributed by atoms with E-state index >= 15 is 0 Å². The zero-order valence-corrected chi connectivity index (χ0v) is 22.8.